The lowest BCUT2D eigenvalue weighted by molar-refractivity contribution is -0.138. The zero-order chi connectivity index (χ0) is 21.8. The lowest BCUT2D eigenvalue weighted by atomic mass is 9.88. The summed E-state index contributed by atoms with van der Waals surface area (Å²) in [4.78, 5) is 29.3. The van der Waals surface area contributed by atoms with Crippen LogP contribution in [0.25, 0.3) is 0 Å². The minimum absolute atomic E-state index is 0.0446. The van der Waals surface area contributed by atoms with Gasteiger partial charge in [-0.1, -0.05) is 0 Å². The van der Waals surface area contributed by atoms with Crippen molar-refractivity contribution in [3.63, 3.8) is 0 Å². The average molecular weight is 426 g/mol. The van der Waals surface area contributed by atoms with E-state index in [0.717, 1.165) is 38.0 Å². The molecule has 2 aliphatic heterocycles. The Hall–Kier alpha value is -2.94. The molecule has 4 rings (SSSR count). The van der Waals surface area contributed by atoms with Crippen molar-refractivity contribution < 1.29 is 9.18 Å². The molecule has 0 aliphatic carbocycles. The van der Waals surface area contributed by atoms with Crippen LogP contribution in [0, 0.1) is 23.1 Å². The third-order valence-corrected chi connectivity index (χ3v) is 6.30. The Kier molecular flexibility index (Phi) is 6.50. The van der Waals surface area contributed by atoms with Gasteiger partial charge in [0.25, 0.3) is 0 Å². The van der Waals surface area contributed by atoms with E-state index < -0.39 is 5.82 Å². The molecule has 9 heteroatoms. The summed E-state index contributed by atoms with van der Waals surface area (Å²) in [6.45, 7) is 3.72. The normalized spacial score (nSPS) is 18.8. The number of nitrogens with one attached hydrogen (secondary N) is 1. The van der Waals surface area contributed by atoms with E-state index in [0.29, 0.717) is 25.9 Å². The molecule has 2 aromatic rings. The van der Waals surface area contributed by atoms with Crippen LogP contribution in [0.5, 0.6) is 0 Å². The summed E-state index contributed by atoms with van der Waals surface area (Å²) in [6.07, 6.45) is 8.04. The first-order chi connectivity index (χ1) is 15.0. The molecule has 3 N–H and O–H groups in total. The van der Waals surface area contributed by atoms with Gasteiger partial charge in [-0.3, -0.25) is 14.7 Å². The first-order valence-electron chi connectivity index (χ1n) is 10.8. The van der Waals surface area contributed by atoms with E-state index in [1.165, 1.54) is 18.3 Å². The molecule has 0 bridgehead atoms. The highest BCUT2D eigenvalue weighted by atomic mass is 19.1. The largest absolute Gasteiger partial charge is 0.368 e. The molecule has 4 heterocycles. The number of piperidine rings is 2. The van der Waals surface area contributed by atoms with E-state index in [9.17, 15) is 9.18 Å². The summed E-state index contributed by atoms with van der Waals surface area (Å²) in [7, 11) is 0. The van der Waals surface area contributed by atoms with Gasteiger partial charge >= 0.3 is 0 Å². The number of likely N-dealkylation sites (tertiary alicyclic amines) is 2. The summed E-state index contributed by atoms with van der Waals surface area (Å²) >= 11 is 0. The van der Waals surface area contributed by atoms with E-state index in [-0.39, 0.29) is 35.1 Å². The number of anilines is 1. The van der Waals surface area contributed by atoms with Crippen molar-refractivity contribution in [3.8, 4) is 0 Å². The Bertz CT molecular complexity index is 920. The van der Waals surface area contributed by atoms with Crippen LogP contribution in [-0.2, 0) is 11.3 Å². The second-order valence-corrected chi connectivity index (χ2v) is 8.35. The third kappa shape index (κ3) is 5.04. The van der Waals surface area contributed by atoms with Crippen LogP contribution in [0.3, 0.4) is 0 Å². The maximum absolute atomic E-state index is 13.9. The second-order valence-electron chi connectivity index (χ2n) is 8.35. The number of carbonyl (C=O) groups is 1. The molecule has 2 aromatic heterocycles. The number of pyridine rings is 1. The predicted molar refractivity (Wildman–Crippen MR) is 115 cm³/mol. The summed E-state index contributed by atoms with van der Waals surface area (Å²) in [5.41, 5.74) is 6.93. The van der Waals surface area contributed by atoms with Crippen molar-refractivity contribution in [1.82, 2.24) is 24.8 Å². The van der Waals surface area contributed by atoms with Gasteiger partial charge in [-0.25, -0.2) is 14.4 Å². The van der Waals surface area contributed by atoms with E-state index in [1.807, 2.05) is 4.90 Å². The maximum atomic E-state index is 13.9. The monoisotopic (exact) mass is 425 g/mol. The van der Waals surface area contributed by atoms with Crippen LogP contribution >= 0.6 is 0 Å². The highest BCUT2D eigenvalue weighted by Gasteiger charge is 2.32. The molecule has 1 amide bonds. The summed E-state index contributed by atoms with van der Waals surface area (Å²) in [5.74, 6) is 0.0190. The molecular formula is C22H28FN7O. The smallest absolute Gasteiger partial charge is 0.225 e. The maximum Gasteiger partial charge on any atom is 0.225 e. The third-order valence-electron chi connectivity index (χ3n) is 6.30. The van der Waals surface area contributed by atoms with Crippen molar-refractivity contribution in [2.24, 2.45) is 11.8 Å². The number of nitrogens with two attached hydrogens (primary N) is 1. The van der Waals surface area contributed by atoms with Crippen LogP contribution in [0.1, 0.15) is 36.9 Å². The number of carbonyl (C=O) groups excluding carboxylic acids is 1. The first-order valence-corrected chi connectivity index (χ1v) is 10.8. The van der Waals surface area contributed by atoms with E-state index >= 15 is 0 Å². The quantitative estimate of drug-likeness (QED) is 0.710. The van der Waals surface area contributed by atoms with Crippen LogP contribution in [0.4, 0.5) is 10.3 Å². The Balaban J connectivity index is 1.24. The molecule has 8 nitrogen and oxygen atoms in total. The van der Waals surface area contributed by atoms with Crippen molar-refractivity contribution in [2.45, 2.75) is 32.2 Å². The molecule has 2 aliphatic rings. The molecule has 2 saturated heterocycles. The number of nitrogens with zero attached hydrogens (tertiary/aromatic N) is 5. The molecule has 0 spiro atoms. The van der Waals surface area contributed by atoms with Gasteiger partial charge in [0.2, 0.25) is 11.9 Å². The van der Waals surface area contributed by atoms with E-state index in [1.54, 1.807) is 12.4 Å². The Morgan fingerprint density at radius 3 is 2.35 bits per heavy atom. The average Bonchev–Trinajstić information content (AvgIpc) is 2.81. The summed E-state index contributed by atoms with van der Waals surface area (Å²) in [6, 6.07) is 2.87. The lowest BCUT2D eigenvalue weighted by Gasteiger charge is -2.37. The van der Waals surface area contributed by atoms with Crippen molar-refractivity contribution >= 4 is 17.6 Å². The molecule has 0 radical (unpaired) electrons. The van der Waals surface area contributed by atoms with Crippen LogP contribution in [-0.4, -0.2) is 62.5 Å². The van der Waals surface area contributed by atoms with Crippen molar-refractivity contribution in [3.05, 3.63) is 47.8 Å². The molecule has 31 heavy (non-hydrogen) atoms. The standard InChI is InChI=1S/C22H28FN7O/c23-18-2-1-7-26-20(18)19(24)16-5-10-30(11-6-16)21(31)17-3-8-29(9-4-17)14-15-12-27-22(25)28-13-15/h1-2,7,12-13,16-17,24H,3-6,8-11,14H2,(H2,25,27,28). The van der Waals surface area contributed by atoms with Gasteiger partial charge in [0.15, 0.2) is 5.82 Å². The second kappa shape index (κ2) is 9.47. The Morgan fingerprint density at radius 2 is 1.71 bits per heavy atom. The first kappa shape index (κ1) is 21.3. The fraction of sp³-hybridized carbons (Fsp3) is 0.500. The van der Waals surface area contributed by atoms with Gasteiger partial charge in [0.05, 0.1) is 5.71 Å². The van der Waals surface area contributed by atoms with Gasteiger partial charge < -0.3 is 16.0 Å². The summed E-state index contributed by atoms with van der Waals surface area (Å²) in [5, 5.41) is 8.33. The molecule has 0 unspecified atom stereocenters. The van der Waals surface area contributed by atoms with Crippen LogP contribution in [0.2, 0.25) is 0 Å². The molecule has 164 valence electrons. The number of hydrogen-bond donors (Lipinski definition) is 2. The van der Waals surface area contributed by atoms with E-state index in [2.05, 4.69) is 19.9 Å². The van der Waals surface area contributed by atoms with Crippen LogP contribution in [0.15, 0.2) is 30.7 Å². The SMILES string of the molecule is N=C(c1ncccc1F)C1CCN(C(=O)C2CCN(Cc3cnc(N)nc3)CC2)CC1. The highest BCUT2D eigenvalue weighted by Crippen LogP contribution is 2.26. The highest BCUT2D eigenvalue weighted by molar-refractivity contribution is 5.98. The molecule has 0 aromatic carbocycles. The molecule has 0 saturated carbocycles. The van der Waals surface area contributed by atoms with Gasteiger partial charge in [-0.05, 0) is 50.9 Å². The minimum atomic E-state index is -0.455. The number of halogens is 1. The van der Waals surface area contributed by atoms with Gasteiger partial charge in [0, 0.05) is 55.6 Å². The number of aromatic nitrogens is 3. The van der Waals surface area contributed by atoms with Crippen molar-refractivity contribution in [1.29, 1.82) is 5.41 Å². The fourth-order valence-corrected chi connectivity index (χ4v) is 4.47. The zero-order valence-electron chi connectivity index (χ0n) is 17.5. The number of rotatable bonds is 5. The molecular weight excluding hydrogens is 397 g/mol. The Morgan fingerprint density at radius 1 is 1.06 bits per heavy atom. The summed E-state index contributed by atoms with van der Waals surface area (Å²) < 4.78 is 13.9. The fourth-order valence-electron chi connectivity index (χ4n) is 4.47. The zero-order valence-corrected chi connectivity index (χ0v) is 17.5. The minimum Gasteiger partial charge on any atom is -0.368 e. The van der Waals surface area contributed by atoms with E-state index in [4.69, 9.17) is 11.1 Å². The van der Waals surface area contributed by atoms with Crippen LogP contribution < -0.4 is 5.73 Å². The number of nitrogen functional groups attached to an aromatic ring is 1. The van der Waals surface area contributed by atoms with Gasteiger partial charge in [0.1, 0.15) is 5.69 Å². The van der Waals surface area contributed by atoms with Crippen molar-refractivity contribution in [2.75, 3.05) is 31.9 Å². The predicted octanol–water partition coefficient (Wildman–Crippen LogP) is 2.11. The topological polar surface area (TPSA) is 112 Å². The number of amides is 1. The van der Waals surface area contributed by atoms with Gasteiger partial charge in [-0.15, -0.1) is 0 Å². The van der Waals surface area contributed by atoms with Gasteiger partial charge in [-0.2, -0.15) is 0 Å². The molecule has 2 fully saturated rings. The lowest BCUT2D eigenvalue weighted by Crippen LogP contribution is -2.46. The Labute approximate surface area is 181 Å². The molecule has 0 atom stereocenters. The number of hydrogen-bond acceptors (Lipinski definition) is 7.